The highest BCUT2D eigenvalue weighted by molar-refractivity contribution is 5.04. The van der Waals surface area contributed by atoms with Gasteiger partial charge in [-0.3, -0.25) is 4.90 Å². The zero-order chi connectivity index (χ0) is 12.4. The maximum Gasteiger partial charge on any atom is 0.0360 e. The van der Waals surface area contributed by atoms with Gasteiger partial charge in [-0.15, -0.1) is 0 Å². The molecule has 2 heteroatoms. The Morgan fingerprint density at radius 1 is 0.944 bits per heavy atom. The Kier molecular flexibility index (Phi) is 3.95. The van der Waals surface area contributed by atoms with E-state index < -0.39 is 0 Å². The van der Waals surface area contributed by atoms with Crippen LogP contribution in [0.3, 0.4) is 0 Å². The molecule has 1 heterocycles. The highest BCUT2D eigenvalue weighted by Gasteiger charge is 2.45. The summed E-state index contributed by atoms with van der Waals surface area (Å²) in [6.07, 6.45) is 15.5. The lowest BCUT2D eigenvalue weighted by Crippen LogP contribution is -2.58. The molecule has 3 aliphatic rings. The first-order valence-corrected chi connectivity index (χ1v) is 8.32. The van der Waals surface area contributed by atoms with Crippen LogP contribution in [-0.2, 0) is 0 Å². The zero-order valence-corrected chi connectivity index (χ0v) is 11.9. The van der Waals surface area contributed by atoms with Gasteiger partial charge in [0.15, 0.2) is 0 Å². The number of likely N-dealkylation sites (tertiary alicyclic amines) is 1. The Labute approximate surface area is 112 Å². The van der Waals surface area contributed by atoms with Gasteiger partial charge in [-0.05, 0) is 51.1 Å². The van der Waals surface area contributed by atoms with Crippen LogP contribution in [0.15, 0.2) is 0 Å². The zero-order valence-electron chi connectivity index (χ0n) is 11.9. The van der Waals surface area contributed by atoms with Crippen LogP contribution in [0.1, 0.15) is 70.6 Å². The van der Waals surface area contributed by atoms with Crippen molar-refractivity contribution in [1.29, 1.82) is 0 Å². The van der Waals surface area contributed by atoms with Gasteiger partial charge < -0.3 is 5.73 Å². The average molecular weight is 250 g/mol. The third-order valence-electron chi connectivity index (χ3n) is 5.96. The van der Waals surface area contributed by atoms with Gasteiger partial charge in [0, 0.05) is 11.6 Å². The van der Waals surface area contributed by atoms with Gasteiger partial charge in [0.1, 0.15) is 0 Å². The van der Waals surface area contributed by atoms with E-state index >= 15 is 0 Å². The molecule has 2 saturated carbocycles. The molecule has 1 unspecified atom stereocenters. The average Bonchev–Trinajstić information content (AvgIpc) is 3.12. The van der Waals surface area contributed by atoms with Crippen molar-refractivity contribution >= 4 is 0 Å². The number of rotatable bonds is 4. The third kappa shape index (κ3) is 2.34. The number of hydrogen-bond donors (Lipinski definition) is 1. The summed E-state index contributed by atoms with van der Waals surface area (Å²) in [7, 11) is 0. The third-order valence-corrected chi connectivity index (χ3v) is 5.96. The minimum absolute atomic E-state index is 0.402. The molecule has 0 bridgehead atoms. The Balaban J connectivity index is 1.67. The maximum atomic E-state index is 6.73. The molecule has 2 nitrogen and oxygen atoms in total. The Hall–Kier alpha value is -0.0800. The molecule has 18 heavy (non-hydrogen) atoms. The van der Waals surface area contributed by atoms with Gasteiger partial charge in [0.05, 0.1) is 0 Å². The van der Waals surface area contributed by atoms with Crippen molar-refractivity contribution in [2.45, 2.75) is 82.2 Å². The highest BCUT2D eigenvalue weighted by atomic mass is 15.2. The van der Waals surface area contributed by atoms with Gasteiger partial charge in [0.2, 0.25) is 0 Å². The molecule has 2 N–H and O–H groups in total. The van der Waals surface area contributed by atoms with Crippen molar-refractivity contribution < 1.29 is 0 Å². The van der Waals surface area contributed by atoms with Gasteiger partial charge >= 0.3 is 0 Å². The molecule has 0 aromatic heterocycles. The Bertz CT molecular complexity index is 258. The fourth-order valence-electron chi connectivity index (χ4n) is 4.90. The quantitative estimate of drug-likeness (QED) is 0.829. The fourth-order valence-corrected chi connectivity index (χ4v) is 4.90. The second-order valence-corrected chi connectivity index (χ2v) is 7.00. The summed E-state index contributed by atoms with van der Waals surface area (Å²) in [4.78, 5) is 2.78. The van der Waals surface area contributed by atoms with E-state index in [1.54, 1.807) is 0 Å². The molecule has 1 aliphatic heterocycles. The summed E-state index contributed by atoms with van der Waals surface area (Å²) in [5.74, 6) is 0.945. The first-order chi connectivity index (χ1) is 8.81. The summed E-state index contributed by atoms with van der Waals surface area (Å²) in [6, 6.07) is 0.446. The van der Waals surface area contributed by atoms with E-state index in [0.717, 1.165) is 5.92 Å². The lowest BCUT2D eigenvalue weighted by atomic mass is 9.81. The number of hydrogen-bond acceptors (Lipinski definition) is 2. The van der Waals surface area contributed by atoms with E-state index in [-0.39, 0.29) is 0 Å². The SMILES string of the molecule is NC(CC1CCCC1)C1(N2CCCC2)CCCC1. The van der Waals surface area contributed by atoms with Crippen LogP contribution < -0.4 is 5.73 Å². The highest BCUT2D eigenvalue weighted by Crippen LogP contribution is 2.42. The van der Waals surface area contributed by atoms with Crippen LogP contribution in [0, 0.1) is 5.92 Å². The minimum Gasteiger partial charge on any atom is -0.326 e. The molecule has 0 aromatic carbocycles. The Morgan fingerprint density at radius 2 is 1.56 bits per heavy atom. The fraction of sp³-hybridized carbons (Fsp3) is 1.00. The number of nitrogens with two attached hydrogens (primary N) is 1. The first kappa shape index (κ1) is 12.9. The molecule has 0 radical (unpaired) electrons. The predicted molar refractivity (Wildman–Crippen MR) is 76.6 cm³/mol. The molecular weight excluding hydrogens is 220 g/mol. The molecule has 1 saturated heterocycles. The van der Waals surface area contributed by atoms with Gasteiger partial charge in [-0.1, -0.05) is 38.5 Å². The summed E-state index contributed by atoms with van der Waals surface area (Å²) < 4.78 is 0. The molecular formula is C16H30N2. The molecule has 1 atom stereocenters. The predicted octanol–water partition coefficient (Wildman–Crippen LogP) is 3.30. The van der Waals surface area contributed by atoms with Crippen LogP contribution in [0.4, 0.5) is 0 Å². The van der Waals surface area contributed by atoms with Crippen molar-refractivity contribution in [2.75, 3.05) is 13.1 Å². The van der Waals surface area contributed by atoms with Crippen molar-refractivity contribution in [2.24, 2.45) is 11.7 Å². The summed E-state index contributed by atoms with van der Waals surface area (Å²) in [5.41, 5.74) is 7.13. The van der Waals surface area contributed by atoms with Crippen molar-refractivity contribution in [3.8, 4) is 0 Å². The van der Waals surface area contributed by atoms with E-state index in [9.17, 15) is 0 Å². The number of nitrogens with zero attached hydrogens (tertiary/aromatic N) is 1. The van der Waals surface area contributed by atoms with Crippen LogP contribution in [0.25, 0.3) is 0 Å². The van der Waals surface area contributed by atoms with E-state index in [1.165, 1.54) is 83.7 Å². The second kappa shape index (κ2) is 5.50. The molecule has 2 aliphatic carbocycles. The summed E-state index contributed by atoms with van der Waals surface area (Å²) >= 11 is 0. The van der Waals surface area contributed by atoms with Crippen LogP contribution in [-0.4, -0.2) is 29.6 Å². The molecule has 104 valence electrons. The van der Waals surface area contributed by atoms with Crippen molar-refractivity contribution in [1.82, 2.24) is 4.90 Å². The van der Waals surface area contributed by atoms with Crippen LogP contribution in [0.2, 0.25) is 0 Å². The summed E-state index contributed by atoms with van der Waals surface area (Å²) in [6.45, 7) is 2.64. The van der Waals surface area contributed by atoms with Crippen molar-refractivity contribution in [3.63, 3.8) is 0 Å². The van der Waals surface area contributed by atoms with Gasteiger partial charge in [0.25, 0.3) is 0 Å². The lowest BCUT2D eigenvalue weighted by molar-refractivity contribution is 0.0821. The molecule has 0 aromatic rings. The largest absolute Gasteiger partial charge is 0.326 e. The molecule has 3 rings (SSSR count). The normalized spacial score (nSPS) is 31.2. The molecule has 0 spiro atoms. The molecule has 3 fully saturated rings. The smallest absolute Gasteiger partial charge is 0.0360 e. The standard InChI is InChI=1S/C16H30N2/c17-15(13-14-7-1-2-8-14)16(9-3-4-10-16)18-11-5-6-12-18/h14-15H,1-13,17H2. The van der Waals surface area contributed by atoms with E-state index in [0.29, 0.717) is 11.6 Å². The van der Waals surface area contributed by atoms with E-state index in [2.05, 4.69) is 4.90 Å². The Morgan fingerprint density at radius 3 is 2.17 bits per heavy atom. The maximum absolute atomic E-state index is 6.73. The monoisotopic (exact) mass is 250 g/mol. The van der Waals surface area contributed by atoms with Gasteiger partial charge in [-0.25, -0.2) is 0 Å². The topological polar surface area (TPSA) is 29.3 Å². The lowest BCUT2D eigenvalue weighted by Gasteiger charge is -2.44. The van der Waals surface area contributed by atoms with Crippen LogP contribution >= 0.6 is 0 Å². The van der Waals surface area contributed by atoms with Gasteiger partial charge in [-0.2, -0.15) is 0 Å². The van der Waals surface area contributed by atoms with E-state index in [1.807, 2.05) is 0 Å². The molecule has 0 amide bonds. The second-order valence-electron chi connectivity index (χ2n) is 7.00. The summed E-state index contributed by atoms with van der Waals surface area (Å²) in [5, 5.41) is 0. The van der Waals surface area contributed by atoms with Crippen LogP contribution in [0.5, 0.6) is 0 Å². The first-order valence-electron chi connectivity index (χ1n) is 8.32. The van der Waals surface area contributed by atoms with E-state index in [4.69, 9.17) is 5.73 Å². The minimum atomic E-state index is 0.402. The van der Waals surface area contributed by atoms with Crippen molar-refractivity contribution in [3.05, 3.63) is 0 Å².